The molecule has 2 amide bonds. The number of rotatable bonds is 3. The van der Waals surface area contributed by atoms with Gasteiger partial charge in [0.1, 0.15) is 11.1 Å². The van der Waals surface area contributed by atoms with Gasteiger partial charge in [-0.05, 0) is 32.9 Å². The molecule has 1 heterocycles. The molecule has 1 aliphatic carbocycles. The molecule has 2 fully saturated rings. The first-order chi connectivity index (χ1) is 8.94. The summed E-state index contributed by atoms with van der Waals surface area (Å²) in [5.41, 5.74) is -1.33. The first kappa shape index (κ1) is 14.7. The van der Waals surface area contributed by atoms with E-state index in [-0.39, 0.29) is 11.8 Å². The fourth-order valence-corrected chi connectivity index (χ4v) is 3.48. The summed E-state index contributed by atoms with van der Waals surface area (Å²) in [6.45, 7) is 4.34. The second-order valence-corrected chi connectivity index (χ2v) is 7.09. The van der Waals surface area contributed by atoms with E-state index in [1.165, 1.54) is 6.42 Å². The molecule has 0 aromatic rings. The fourth-order valence-electron chi connectivity index (χ4n) is 3.12. The number of hydrogen-bond donors (Lipinski definition) is 1. The third kappa shape index (κ3) is 2.49. The molecule has 0 unspecified atom stereocenters. The highest BCUT2D eigenvalue weighted by Gasteiger charge is 2.54. The summed E-state index contributed by atoms with van der Waals surface area (Å²) in [5, 5.41) is 3.04. The van der Waals surface area contributed by atoms with Crippen LogP contribution in [0.1, 0.15) is 46.0 Å². The van der Waals surface area contributed by atoms with Crippen LogP contribution in [0.15, 0.2) is 0 Å². The zero-order chi connectivity index (χ0) is 14.1. The predicted octanol–water partition coefficient (Wildman–Crippen LogP) is 1.79. The van der Waals surface area contributed by atoms with Gasteiger partial charge in [0, 0.05) is 12.3 Å². The molecule has 5 heteroatoms. The Balaban J connectivity index is 2.26. The highest BCUT2D eigenvalue weighted by Crippen LogP contribution is 2.36. The first-order valence-corrected chi connectivity index (χ1v) is 8.47. The molecule has 1 aliphatic heterocycles. The standard InChI is InChI=1S/C14H24N2O2S/c1-13(2)11(17)15-14(7-5-4-6-8-14)12(18)16(13)9-10-19-3/h4-10H2,1-3H3,(H,15,17). The molecule has 1 saturated carbocycles. The number of amides is 2. The number of carbonyl (C=O) groups is 2. The summed E-state index contributed by atoms with van der Waals surface area (Å²) in [6, 6.07) is 0. The molecule has 0 bridgehead atoms. The minimum atomic E-state index is -0.727. The normalized spacial score (nSPS) is 25.5. The predicted molar refractivity (Wildman–Crippen MR) is 78.1 cm³/mol. The van der Waals surface area contributed by atoms with E-state index >= 15 is 0 Å². The third-order valence-electron chi connectivity index (χ3n) is 4.46. The SMILES string of the molecule is CSCCN1C(=O)C2(CCCCC2)NC(=O)C1(C)C. The summed E-state index contributed by atoms with van der Waals surface area (Å²) in [5.74, 6) is 0.999. The molecule has 4 nitrogen and oxygen atoms in total. The Kier molecular flexibility index (Phi) is 4.14. The molecule has 1 saturated heterocycles. The van der Waals surface area contributed by atoms with Gasteiger partial charge in [0.05, 0.1) is 0 Å². The van der Waals surface area contributed by atoms with Crippen molar-refractivity contribution < 1.29 is 9.59 Å². The molecular formula is C14H24N2O2S. The zero-order valence-corrected chi connectivity index (χ0v) is 12.9. The van der Waals surface area contributed by atoms with Crippen LogP contribution in [-0.4, -0.2) is 46.3 Å². The lowest BCUT2D eigenvalue weighted by Gasteiger charge is -2.51. The van der Waals surface area contributed by atoms with Crippen molar-refractivity contribution in [3.8, 4) is 0 Å². The molecule has 0 aromatic heterocycles. The van der Waals surface area contributed by atoms with E-state index in [9.17, 15) is 9.59 Å². The van der Waals surface area contributed by atoms with Gasteiger partial charge < -0.3 is 10.2 Å². The summed E-state index contributed by atoms with van der Waals surface area (Å²) in [7, 11) is 0. The van der Waals surface area contributed by atoms with Crippen LogP contribution in [0.3, 0.4) is 0 Å². The highest BCUT2D eigenvalue weighted by atomic mass is 32.2. The van der Waals surface area contributed by atoms with E-state index in [2.05, 4.69) is 5.32 Å². The Hall–Kier alpha value is -0.710. The zero-order valence-electron chi connectivity index (χ0n) is 12.1. The van der Waals surface area contributed by atoms with Crippen molar-refractivity contribution in [2.24, 2.45) is 0 Å². The van der Waals surface area contributed by atoms with Gasteiger partial charge in [-0.3, -0.25) is 9.59 Å². The van der Waals surface area contributed by atoms with Crippen molar-refractivity contribution in [1.29, 1.82) is 0 Å². The summed E-state index contributed by atoms with van der Waals surface area (Å²) < 4.78 is 0. The number of nitrogens with one attached hydrogen (secondary N) is 1. The van der Waals surface area contributed by atoms with E-state index in [0.717, 1.165) is 31.4 Å². The maximum atomic E-state index is 12.9. The molecule has 0 aromatic carbocycles. The molecule has 1 N–H and O–H groups in total. The van der Waals surface area contributed by atoms with E-state index in [4.69, 9.17) is 0 Å². The largest absolute Gasteiger partial charge is 0.340 e. The van der Waals surface area contributed by atoms with Gasteiger partial charge in [-0.2, -0.15) is 11.8 Å². The molecule has 0 radical (unpaired) electrons. The Morgan fingerprint density at radius 2 is 1.84 bits per heavy atom. The van der Waals surface area contributed by atoms with Gasteiger partial charge in [-0.1, -0.05) is 19.3 Å². The fraction of sp³-hybridized carbons (Fsp3) is 0.857. The minimum Gasteiger partial charge on any atom is -0.340 e. The number of hydrogen-bond acceptors (Lipinski definition) is 3. The average Bonchev–Trinajstić information content (AvgIpc) is 2.38. The number of thioether (sulfide) groups is 1. The molecule has 0 atom stereocenters. The van der Waals surface area contributed by atoms with Crippen LogP contribution in [-0.2, 0) is 9.59 Å². The van der Waals surface area contributed by atoms with E-state index in [1.54, 1.807) is 16.7 Å². The quantitative estimate of drug-likeness (QED) is 0.859. The highest BCUT2D eigenvalue weighted by molar-refractivity contribution is 7.98. The topological polar surface area (TPSA) is 49.4 Å². The van der Waals surface area contributed by atoms with E-state index in [0.29, 0.717) is 6.54 Å². The van der Waals surface area contributed by atoms with Crippen molar-refractivity contribution in [3.05, 3.63) is 0 Å². The Morgan fingerprint density at radius 3 is 2.42 bits per heavy atom. The van der Waals surface area contributed by atoms with E-state index < -0.39 is 11.1 Å². The Morgan fingerprint density at radius 1 is 1.21 bits per heavy atom. The summed E-state index contributed by atoms with van der Waals surface area (Å²) in [6.07, 6.45) is 6.84. The van der Waals surface area contributed by atoms with Crippen LogP contribution in [0.25, 0.3) is 0 Å². The van der Waals surface area contributed by atoms with Crippen molar-refractivity contribution in [3.63, 3.8) is 0 Å². The van der Waals surface area contributed by atoms with Gasteiger partial charge in [0.25, 0.3) is 0 Å². The molecule has 2 rings (SSSR count). The number of carbonyl (C=O) groups excluding carboxylic acids is 2. The van der Waals surface area contributed by atoms with Gasteiger partial charge in [-0.25, -0.2) is 0 Å². The van der Waals surface area contributed by atoms with Crippen LogP contribution in [0.2, 0.25) is 0 Å². The first-order valence-electron chi connectivity index (χ1n) is 7.08. The van der Waals surface area contributed by atoms with Gasteiger partial charge in [0.15, 0.2) is 0 Å². The summed E-state index contributed by atoms with van der Waals surface area (Å²) >= 11 is 1.71. The minimum absolute atomic E-state index is 0.00453. The Labute approximate surface area is 119 Å². The van der Waals surface area contributed by atoms with Crippen LogP contribution in [0.5, 0.6) is 0 Å². The lowest BCUT2D eigenvalue weighted by atomic mass is 9.76. The van der Waals surface area contributed by atoms with Gasteiger partial charge >= 0.3 is 0 Å². The lowest BCUT2D eigenvalue weighted by Crippen LogP contribution is -2.74. The van der Waals surface area contributed by atoms with Crippen molar-refractivity contribution in [2.75, 3.05) is 18.6 Å². The molecular weight excluding hydrogens is 260 g/mol. The van der Waals surface area contributed by atoms with Gasteiger partial charge in [0.2, 0.25) is 11.8 Å². The van der Waals surface area contributed by atoms with Gasteiger partial charge in [-0.15, -0.1) is 0 Å². The molecule has 1 spiro atoms. The maximum absolute atomic E-state index is 12.9. The van der Waals surface area contributed by atoms with Crippen LogP contribution in [0.4, 0.5) is 0 Å². The van der Waals surface area contributed by atoms with E-state index in [1.807, 2.05) is 20.1 Å². The molecule has 19 heavy (non-hydrogen) atoms. The lowest BCUT2D eigenvalue weighted by molar-refractivity contribution is -0.162. The van der Waals surface area contributed by atoms with Crippen molar-refractivity contribution in [1.82, 2.24) is 10.2 Å². The maximum Gasteiger partial charge on any atom is 0.249 e. The van der Waals surface area contributed by atoms with Crippen molar-refractivity contribution in [2.45, 2.75) is 57.0 Å². The third-order valence-corrected chi connectivity index (χ3v) is 5.05. The summed E-state index contributed by atoms with van der Waals surface area (Å²) in [4.78, 5) is 27.1. The van der Waals surface area contributed by atoms with Crippen LogP contribution < -0.4 is 5.32 Å². The second kappa shape index (κ2) is 5.35. The Bertz CT molecular complexity index is 376. The molecule has 108 valence electrons. The number of piperazine rings is 1. The van der Waals surface area contributed by atoms with Crippen LogP contribution in [0, 0.1) is 0 Å². The number of nitrogens with zero attached hydrogens (tertiary/aromatic N) is 1. The van der Waals surface area contributed by atoms with Crippen LogP contribution >= 0.6 is 11.8 Å². The van der Waals surface area contributed by atoms with Crippen molar-refractivity contribution >= 4 is 23.6 Å². The molecule has 2 aliphatic rings. The monoisotopic (exact) mass is 284 g/mol. The average molecular weight is 284 g/mol. The smallest absolute Gasteiger partial charge is 0.249 e. The second-order valence-electron chi connectivity index (χ2n) is 6.11.